The fourth-order valence-corrected chi connectivity index (χ4v) is 8.12. The number of phenols is 1. The molecule has 3 aliphatic carbocycles. The summed E-state index contributed by atoms with van der Waals surface area (Å²) in [6, 6.07) is 8.62. The molecule has 3 fully saturated rings. The Morgan fingerprint density at radius 1 is 1.22 bits per heavy atom. The number of carbonyl (C=O) groups is 1. The monoisotopic (exact) mass is 570 g/mol. The third-order valence-electron chi connectivity index (χ3n) is 10.1. The van der Waals surface area contributed by atoms with Crippen LogP contribution in [0, 0.1) is 5.92 Å². The summed E-state index contributed by atoms with van der Waals surface area (Å²) in [5.74, 6) is 0.458. The molecule has 0 radical (unpaired) electrons. The van der Waals surface area contributed by atoms with Crippen LogP contribution in [0.15, 0.2) is 42.5 Å². The molecule has 2 aromatic carbocycles. The van der Waals surface area contributed by atoms with Crippen LogP contribution >= 0.6 is 0 Å². The predicted molar refractivity (Wildman–Crippen MR) is 144 cm³/mol. The molecular formula is C31H33F3N2O5. The molecule has 2 bridgehead atoms. The van der Waals surface area contributed by atoms with E-state index >= 15 is 0 Å². The number of nitrogens with zero attached hydrogens (tertiary/aromatic N) is 2. The minimum absolute atomic E-state index is 0.0438. The Hall–Kier alpha value is -3.24. The van der Waals surface area contributed by atoms with Crippen molar-refractivity contribution in [2.45, 2.75) is 74.1 Å². The lowest BCUT2D eigenvalue weighted by Gasteiger charge is -2.64. The smallest absolute Gasteiger partial charge is 0.504 e. The van der Waals surface area contributed by atoms with Crippen LogP contribution in [0.1, 0.15) is 48.8 Å². The second kappa shape index (κ2) is 9.13. The average Bonchev–Trinajstić information content (AvgIpc) is 3.66. The second-order valence-corrected chi connectivity index (χ2v) is 12.3. The van der Waals surface area contributed by atoms with Crippen LogP contribution in [-0.2, 0) is 16.6 Å². The van der Waals surface area contributed by atoms with Gasteiger partial charge in [0.25, 0.3) is 0 Å². The molecule has 1 spiro atoms. The van der Waals surface area contributed by atoms with Gasteiger partial charge >= 0.3 is 6.36 Å². The number of benzene rings is 2. The van der Waals surface area contributed by atoms with Crippen LogP contribution in [0.3, 0.4) is 0 Å². The van der Waals surface area contributed by atoms with Crippen molar-refractivity contribution in [3.63, 3.8) is 0 Å². The van der Waals surface area contributed by atoms with Gasteiger partial charge in [-0.1, -0.05) is 18.2 Å². The molecule has 2 aliphatic heterocycles. The van der Waals surface area contributed by atoms with Gasteiger partial charge in [-0.3, -0.25) is 9.69 Å². The van der Waals surface area contributed by atoms with Crippen LogP contribution in [0.25, 0.3) is 6.08 Å². The standard InChI is InChI=1S/C31H33F3N2O5/c1-35(25(38)10-7-18-3-2-4-21(15-18)41-31(32,33)34)22-11-12-30(39)24-16-20-8-9-23(37)27-26(20)29(30,28(22)40-27)13-14-36(24)17-19-5-6-19/h2-4,7-10,15,19,22,24,28,37,39H,5-6,11-14,16-17H2,1H3/b10-7+/t22?,24-,28?,29-,30?/m0/s1. The number of rotatable bonds is 6. The van der Waals surface area contributed by atoms with Crippen molar-refractivity contribution in [1.29, 1.82) is 0 Å². The highest BCUT2D eigenvalue weighted by atomic mass is 19.4. The summed E-state index contributed by atoms with van der Waals surface area (Å²) in [5, 5.41) is 23.4. The molecule has 7 rings (SSSR count). The van der Waals surface area contributed by atoms with Crippen molar-refractivity contribution in [2.24, 2.45) is 5.92 Å². The number of halogens is 3. The summed E-state index contributed by atoms with van der Waals surface area (Å²) in [6.45, 7) is 1.80. The molecule has 2 aromatic rings. The molecule has 3 unspecified atom stereocenters. The quantitative estimate of drug-likeness (QED) is 0.502. The number of hydrogen-bond acceptors (Lipinski definition) is 6. The van der Waals surface area contributed by atoms with Gasteiger partial charge in [0, 0.05) is 31.3 Å². The summed E-state index contributed by atoms with van der Waals surface area (Å²) < 4.78 is 48.4. The van der Waals surface area contributed by atoms with E-state index in [-0.39, 0.29) is 29.5 Å². The Bertz CT molecular complexity index is 1420. The first-order valence-corrected chi connectivity index (χ1v) is 14.3. The minimum atomic E-state index is -4.81. The molecule has 2 heterocycles. The maximum absolute atomic E-state index is 13.4. The van der Waals surface area contributed by atoms with Crippen molar-refractivity contribution in [3.8, 4) is 17.2 Å². The summed E-state index contributed by atoms with van der Waals surface area (Å²) >= 11 is 0. The van der Waals surface area contributed by atoms with E-state index in [0.717, 1.165) is 24.2 Å². The molecule has 1 saturated heterocycles. The van der Waals surface area contributed by atoms with E-state index in [1.54, 1.807) is 24.1 Å². The highest BCUT2D eigenvalue weighted by molar-refractivity contribution is 5.92. The number of aromatic hydroxyl groups is 1. The van der Waals surface area contributed by atoms with E-state index in [2.05, 4.69) is 9.64 Å². The normalized spacial score (nSPS) is 32.0. The number of likely N-dealkylation sites (N-methyl/N-ethyl adjacent to an activating group) is 1. The van der Waals surface area contributed by atoms with E-state index in [0.29, 0.717) is 42.9 Å². The third-order valence-corrected chi connectivity index (χ3v) is 10.1. The molecule has 2 saturated carbocycles. The first-order chi connectivity index (χ1) is 19.5. The van der Waals surface area contributed by atoms with Gasteiger partial charge in [-0.15, -0.1) is 13.2 Å². The summed E-state index contributed by atoms with van der Waals surface area (Å²) in [4.78, 5) is 17.5. The maximum Gasteiger partial charge on any atom is 0.573 e. The highest BCUT2D eigenvalue weighted by Gasteiger charge is 2.73. The summed E-state index contributed by atoms with van der Waals surface area (Å²) in [6.07, 6.45) is 2.29. The van der Waals surface area contributed by atoms with Crippen LogP contribution < -0.4 is 9.47 Å². The van der Waals surface area contributed by atoms with Gasteiger partial charge in [-0.2, -0.15) is 0 Å². The van der Waals surface area contributed by atoms with Crippen molar-refractivity contribution in [1.82, 2.24) is 9.80 Å². The predicted octanol–water partition coefficient (Wildman–Crippen LogP) is 4.40. The molecule has 1 amide bonds. The van der Waals surface area contributed by atoms with Crippen LogP contribution in [0.2, 0.25) is 0 Å². The first kappa shape index (κ1) is 26.6. The van der Waals surface area contributed by atoms with E-state index in [1.165, 1.54) is 43.2 Å². The van der Waals surface area contributed by atoms with Crippen LogP contribution in [0.5, 0.6) is 17.2 Å². The minimum Gasteiger partial charge on any atom is -0.504 e. The third kappa shape index (κ3) is 4.13. The maximum atomic E-state index is 13.4. The van der Waals surface area contributed by atoms with Gasteiger partial charge in [0.2, 0.25) is 5.91 Å². The Morgan fingerprint density at radius 3 is 2.78 bits per heavy atom. The zero-order chi connectivity index (χ0) is 28.7. The lowest BCUT2D eigenvalue weighted by molar-refractivity contribution is -0.274. The largest absolute Gasteiger partial charge is 0.573 e. The van der Waals surface area contributed by atoms with E-state index in [1.807, 2.05) is 6.07 Å². The summed E-state index contributed by atoms with van der Waals surface area (Å²) in [5.41, 5.74) is 0.582. The molecule has 10 heteroatoms. The van der Waals surface area contributed by atoms with Crippen molar-refractivity contribution >= 4 is 12.0 Å². The molecular weight excluding hydrogens is 537 g/mol. The topological polar surface area (TPSA) is 82.5 Å². The van der Waals surface area contributed by atoms with E-state index in [4.69, 9.17) is 4.74 Å². The molecule has 5 aliphatic rings. The highest BCUT2D eigenvalue weighted by Crippen LogP contribution is 2.66. The lowest BCUT2D eigenvalue weighted by atomic mass is 9.48. The number of ether oxygens (including phenoxy) is 2. The first-order valence-electron chi connectivity index (χ1n) is 14.3. The van der Waals surface area contributed by atoms with Crippen LogP contribution in [0.4, 0.5) is 13.2 Å². The molecule has 7 nitrogen and oxygen atoms in total. The second-order valence-electron chi connectivity index (χ2n) is 12.3. The molecule has 41 heavy (non-hydrogen) atoms. The molecule has 218 valence electrons. The number of likely N-dealkylation sites (tertiary alicyclic amines) is 1. The average molecular weight is 571 g/mol. The zero-order valence-corrected chi connectivity index (χ0v) is 22.7. The molecule has 2 N–H and O–H groups in total. The fraction of sp³-hybridized carbons (Fsp3) is 0.516. The van der Waals surface area contributed by atoms with Crippen molar-refractivity contribution < 1.29 is 37.7 Å². The van der Waals surface area contributed by atoms with Crippen molar-refractivity contribution in [2.75, 3.05) is 20.1 Å². The van der Waals surface area contributed by atoms with E-state index < -0.39 is 23.5 Å². The zero-order valence-electron chi connectivity index (χ0n) is 22.7. The number of hydrogen-bond donors (Lipinski definition) is 2. The van der Waals surface area contributed by atoms with Gasteiger partial charge in [0.1, 0.15) is 11.9 Å². The van der Waals surface area contributed by atoms with Gasteiger partial charge in [-0.05, 0) is 86.4 Å². The Balaban J connectivity index is 1.18. The van der Waals surface area contributed by atoms with Gasteiger partial charge in [0.05, 0.1) is 17.1 Å². The number of amides is 1. The number of alkyl halides is 3. The number of piperidine rings is 1. The number of aliphatic hydroxyl groups is 1. The Kier molecular flexibility index (Phi) is 5.93. The van der Waals surface area contributed by atoms with Crippen LogP contribution in [-0.4, -0.2) is 76.2 Å². The van der Waals surface area contributed by atoms with E-state index in [9.17, 15) is 28.2 Å². The molecule has 0 aromatic heterocycles. The number of carbonyl (C=O) groups excluding carboxylic acids is 1. The van der Waals surface area contributed by atoms with Crippen molar-refractivity contribution in [3.05, 3.63) is 59.2 Å². The molecule has 5 atom stereocenters. The Morgan fingerprint density at radius 2 is 2.02 bits per heavy atom. The van der Waals surface area contributed by atoms with Gasteiger partial charge < -0.3 is 24.6 Å². The SMILES string of the molecule is CN(C(=O)/C=C/c1cccc(OC(F)(F)F)c1)C1CCC2(O)[C@@H]3Cc4ccc(O)c5c4[C@@]2(CCN3CC2CC2)C1O5. The van der Waals surface area contributed by atoms with Gasteiger partial charge in [0.15, 0.2) is 11.5 Å². The van der Waals surface area contributed by atoms with Gasteiger partial charge in [-0.25, -0.2) is 0 Å². The Labute approximate surface area is 236 Å². The lowest BCUT2D eigenvalue weighted by Crippen LogP contribution is -2.78. The summed E-state index contributed by atoms with van der Waals surface area (Å²) in [7, 11) is 1.69. The fourth-order valence-electron chi connectivity index (χ4n) is 8.12. The number of phenolic OH excluding ortho intramolecular Hbond substituents is 1.